The molecule has 0 unspecified atom stereocenters. The van der Waals surface area contributed by atoms with E-state index in [-0.39, 0.29) is 0 Å². The molecule has 0 aromatic heterocycles. The van der Waals surface area contributed by atoms with E-state index in [0.29, 0.717) is 0 Å². The summed E-state index contributed by atoms with van der Waals surface area (Å²) in [7, 11) is 0. The minimum absolute atomic E-state index is 0.760. The first-order valence-corrected chi connectivity index (χ1v) is 5.91. The van der Waals surface area contributed by atoms with Crippen molar-refractivity contribution in [3.8, 4) is 16.9 Å². The van der Waals surface area contributed by atoms with Crippen LogP contribution in [-0.4, -0.2) is 0 Å². The highest BCUT2D eigenvalue weighted by Crippen LogP contribution is 2.39. The molecule has 0 bridgehead atoms. The smallest absolute Gasteiger partial charge is 0.201 e. The zero-order chi connectivity index (χ0) is 11.8. The fourth-order valence-electron chi connectivity index (χ4n) is 2.17. The Morgan fingerprint density at radius 3 is 2.88 bits per heavy atom. The number of hydrogen-bond acceptors (Lipinski definition) is 1. The van der Waals surface area contributed by atoms with E-state index in [1.807, 2.05) is 18.2 Å². The lowest BCUT2D eigenvalue weighted by Crippen LogP contribution is -1.88. The number of halogens is 1. The van der Waals surface area contributed by atoms with E-state index in [1.54, 1.807) is 0 Å². The van der Waals surface area contributed by atoms with Crippen LogP contribution >= 0.6 is 11.6 Å². The highest BCUT2D eigenvalue weighted by atomic mass is 35.5. The number of aryl methyl sites for hydroxylation is 1. The Morgan fingerprint density at radius 1 is 1.18 bits per heavy atom. The van der Waals surface area contributed by atoms with Crippen LogP contribution in [-0.2, 0) is 6.42 Å². The average Bonchev–Trinajstić information content (AvgIpc) is 2.77. The standard InChI is InChI=1S/C15H11ClO/c1-10-9-12(16)5-6-13(10)14-4-2-3-11-7-8-17-15(11)14/h2-6,9H,7H2,1H3. The van der Waals surface area contributed by atoms with Gasteiger partial charge in [0.2, 0.25) is 6.61 Å². The molecular formula is C15H11ClO. The Morgan fingerprint density at radius 2 is 2.06 bits per heavy atom. The third-order valence-electron chi connectivity index (χ3n) is 3.01. The second-order valence-corrected chi connectivity index (χ2v) is 4.61. The van der Waals surface area contributed by atoms with Crippen LogP contribution in [0.1, 0.15) is 11.1 Å². The van der Waals surface area contributed by atoms with E-state index in [4.69, 9.17) is 16.3 Å². The molecule has 0 fully saturated rings. The first kappa shape index (κ1) is 10.7. The van der Waals surface area contributed by atoms with Crippen molar-refractivity contribution in [2.75, 3.05) is 0 Å². The van der Waals surface area contributed by atoms with Crippen LogP contribution in [0.2, 0.25) is 5.02 Å². The van der Waals surface area contributed by atoms with Crippen LogP contribution < -0.4 is 4.74 Å². The number of rotatable bonds is 1. The minimum Gasteiger partial charge on any atom is -0.477 e. The quantitative estimate of drug-likeness (QED) is 0.725. The third-order valence-corrected chi connectivity index (χ3v) is 3.25. The number of para-hydroxylation sites is 1. The molecule has 84 valence electrons. The van der Waals surface area contributed by atoms with Crippen molar-refractivity contribution in [3.63, 3.8) is 0 Å². The summed E-state index contributed by atoms with van der Waals surface area (Å²) < 4.78 is 5.49. The molecule has 0 N–H and O–H groups in total. The Balaban J connectivity index is 2.19. The lowest BCUT2D eigenvalue weighted by molar-refractivity contribution is 0.436. The first-order chi connectivity index (χ1) is 8.25. The van der Waals surface area contributed by atoms with E-state index in [2.05, 4.69) is 31.7 Å². The zero-order valence-electron chi connectivity index (χ0n) is 9.46. The van der Waals surface area contributed by atoms with E-state index in [1.165, 1.54) is 5.56 Å². The summed E-state index contributed by atoms with van der Waals surface area (Å²) in [5.74, 6) is 0.929. The molecule has 17 heavy (non-hydrogen) atoms. The van der Waals surface area contributed by atoms with Gasteiger partial charge in [-0.15, -0.1) is 0 Å². The monoisotopic (exact) mass is 242 g/mol. The Kier molecular flexibility index (Phi) is 2.56. The SMILES string of the molecule is Cc1cc(Cl)ccc1-c1cccc2c1O[C]C2. The van der Waals surface area contributed by atoms with E-state index < -0.39 is 0 Å². The van der Waals surface area contributed by atoms with Gasteiger partial charge in [0.1, 0.15) is 5.75 Å². The summed E-state index contributed by atoms with van der Waals surface area (Å²) in [5.41, 5.74) is 4.62. The molecular weight excluding hydrogens is 232 g/mol. The lowest BCUT2D eigenvalue weighted by Gasteiger charge is -2.10. The van der Waals surface area contributed by atoms with Gasteiger partial charge in [0.05, 0.1) is 0 Å². The lowest BCUT2D eigenvalue weighted by atomic mass is 9.97. The summed E-state index contributed by atoms with van der Waals surface area (Å²) in [6, 6.07) is 12.1. The summed E-state index contributed by atoms with van der Waals surface area (Å²) in [4.78, 5) is 0. The maximum atomic E-state index is 5.98. The highest BCUT2D eigenvalue weighted by Gasteiger charge is 2.18. The molecule has 2 aromatic rings. The van der Waals surface area contributed by atoms with Gasteiger partial charge in [-0.2, -0.15) is 0 Å². The normalized spacial score (nSPS) is 13.3. The number of hydrogen-bond donors (Lipinski definition) is 0. The van der Waals surface area contributed by atoms with Gasteiger partial charge in [0.15, 0.2) is 0 Å². The number of ether oxygens (including phenoxy) is 1. The fraction of sp³-hybridized carbons (Fsp3) is 0.133. The van der Waals surface area contributed by atoms with Gasteiger partial charge in [0.25, 0.3) is 0 Å². The van der Waals surface area contributed by atoms with E-state index in [0.717, 1.165) is 33.9 Å². The molecule has 2 heteroatoms. The Bertz CT molecular complexity index is 575. The van der Waals surface area contributed by atoms with E-state index in [9.17, 15) is 0 Å². The molecule has 0 aliphatic carbocycles. The van der Waals surface area contributed by atoms with Gasteiger partial charge in [-0.25, -0.2) is 0 Å². The molecule has 1 aliphatic heterocycles. The van der Waals surface area contributed by atoms with Crippen molar-refractivity contribution in [1.82, 2.24) is 0 Å². The molecule has 3 rings (SSSR count). The molecule has 0 saturated heterocycles. The summed E-state index contributed by atoms with van der Waals surface area (Å²) >= 11 is 5.98. The maximum Gasteiger partial charge on any atom is 0.201 e. The van der Waals surface area contributed by atoms with Gasteiger partial charge >= 0.3 is 0 Å². The Hall–Kier alpha value is -1.47. The molecule has 2 radical (unpaired) electrons. The molecule has 2 aromatic carbocycles. The third kappa shape index (κ3) is 1.81. The molecule has 1 heterocycles. The second kappa shape index (κ2) is 4.08. The molecule has 0 amide bonds. The van der Waals surface area contributed by atoms with Crippen LogP contribution in [0.3, 0.4) is 0 Å². The van der Waals surface area contributed by atoms with Gasteiger partial charge < -0.3 is 4.74 Å². The van der Waals surface area contributed by atoms with Crippen molar-refractivity contribution < 1.29 is 4.74 Å². The fourth-order valence-corrected chi connectivity index (χ4v) is 2.40. The van der Waals surface area contributed by atoms with Crippen LogP contribution in [0.15, 0.2) is 36.4 Å². The second-order valence-electron chi connectivity index (χ2n) is 4.18. The van der Waals surface area contributed by atoms with Gasteiger partial charge in [-0.3, -0.25) is 0 Å². The molecule has 0 saturated carbocycles. The molecule has 0 atom stereocenters. The predicted octanol–water partition coefficient (Wildman–Crippen LogP) is 4.29. The van der Waals surface area contributed by atoms with Gasteiger partial charge in [-0.05, 0) is 35.7 Å². The first-order valence-electron chi connectivity index (χ1n) is 5.54. The maximum absolute atomic E-state index is 5.98. The molecule has 1 aliphatic rings. The summed E-state index contributed by atoms with van der Waals surface area (Å²) in [6.07, 6.45) is 0.760. The van der Waals surface area contributed by atoms with Gasteiger partial charge in [0, 0.05) is 17.0 Å². The van der Waals surface area contributed by atoms with Crippen LogP contribution in [0, 0.1) is 13.5 Å². The topological polar surface area (TPSA) is 9.23 Å². The van der Waals surface area contributed by atoms with Crippen molar-refractivity contribution in [1.29, 1.82) is 0 Å². The summed E-state index contributed by atoms with van der Waals surface area (Å²) in [6.45, 7) is 4.96. The van der Waals surface area contributed by atoms with Crippen molar-refractivity contribution in [3.05, 3.63) is 59.2 Å². The van der Waals surface area contributed by atoms with Crippen LogP contribution in [0.5, 0.6) is 5.75 Å². The highest BCUT2D eigenvalue weighted by molar-refractivity contribution is 6.30. The molecule has 0 spiro atoms. The predicted molar refractivity (Wildman–Crippen MR) is 69.2 cm³/mol. The largest absolute Gasteiger partial charge is 0.477 e. The summed E-state index contributed by atoms with van der Waals surface area (Å²) in [5, 5.41) is 0.762. The van der Waals surface area contributed by atoms with Crippen LogP contribution in [0.4, 0.5) is 0 Å². The number of fused-ring (bicyclic) bond motifs is 1. The molecule has 1 nitrogen and oxygen atoms in total. The average molecular weight is 243 g/mol. The van der Waals surface area contributed by atoms with E-state index >= 15 is 0 Å². The minimum atomic E-state index is 0.760. The Labute approximate surface area is 106 Å². The van der Waals surface area contributed by atoms with Crippen molar-refractivity contribution in [2.45, 2.75) is 13.3 Å². The van der Waals surface area contributed by atoms with Crippen molar-refractivity contribution in [2.24, 2.45) is 0 Å². The number of benzene rings is 2. The van der Waals surface area contributed by atoms with Gasteiger partial charge in [-0.1, -0.05) is 35.9 Å². The van der Waals surface area contributed by atoms with Crippen LogP contribution in [0.25, 0.3) is 11.1 Å². The van der Waals surface area contributed by atoms with Crippen molar-refractivity contribution >= 4 is 11.6 Å². The zero-order valence-corrected chi connectivity index (χ0v) is 10.2.